The number of para-hydroxylation sites is 1. The lowest BCUT2D eigenvalue weighted by Crippen LogP contribution is -2.43. The van der Waals surface area contributed by atoms with Gasteiger partial charge in [0, 0.05) is 30.0 Å². The van der Waals surface area contributed by atoms with Crippen LogP contribution in [0.5, 0.6) is 0 Å². The first-order valence-corrected chi connectivity index (χ1v) is 11.2. The van der Waals surface area contributed by atoms with Crippen molar-refractivity contribution >= 4 is 23.2 Å². The van der Waals surface area contributed by atoms with Crippen molar-refractivity contribution in [2.75, 3.05) is 18.4 Å². The van der Waals surface area contributed by atoms with Gasteiger partial charge in [0.05, 0.1) is 0 Å². The molecule has 2 aromatic rings. The number of hydrogen-bond acceptors (Lipinski definition) is 4. The largest absolute Gasteiger partial charge is 0.356 e. The van der Waals surface area contributed by atoms with Crippen molar-refractivity contribution in [3.05, 3.63) is 60.2 Å². The van der Waals surface area contributed by atoms with Crippen LogP contribution in [0, 0.1) is 0 Å². The Balaban J connectivity index is -0.000000341. The van der Waals surface area contributed by atoms with Gasteiger partial charge in [-0.05, 0) is 42.8 Å². The summed E-state index contributed by atoms with van der Waals surface area (Å²) in [5, 5.41) is 9.14. The fourth-order valence-electron chi connectivity index (χ4n) is 2.19. The van der Waals surface area contributed by atoms with Crippen molar-refractivity contribution in [1.29, 1.82) is 0 Å². The predicted molar refractivity (Wildman–Crippen MR) is 152 cm³/mol. The van der Waals surface area contributed by atoms with Crippen LogP contribution in [0.25, 0.3) is 0 Å². The Morgan fingerprint density at radius 1 is 0.848 bits per heavy atom. The Bertz CT molecular complexity index is 696. The third-order valence-electron chi connectivity index (χ3n) is 3.84. The minimum atomic E-state index is -0.153. The Morgan fingerprint density at radius 2 is 1.36 bits per heavy atom. The summed E-state index contributed by atoms with van der Waals surface area (Å²) in [5.41, 5.74) is 2.56. The molecule has 1 amide bonds. The van der Waals surface area contributed by atoms with Gasteiger partial charge in [-0.15, -0.1) is 0 Å². The van der Waals surface area contributed by atoms with Gasteiger partial charge in [0.1, 0.15) is 0 Å². The first kappa shape index (κ1) is 37.5. The van der Waals surface area contributed by atoms with Crippen molar-refractivity contribution in [2.24, 2.45) is 4.99 Å². The summed E-state index contributed by atoms with van der Waals surface area (Å²) in [5.74, 6) is 0.405. The highest BCUT2D eigenvalue weighted by Gasteiger charge is 2.10. The average Bonchev–Trinajstić information content (AvgIpc) is 2.83. The Hall–Kier alpha value is -2.82. The number of benzene rings is 2. The molecule has 0 radical (unpaired) electrons. The van der Waals surface area contributed by atoms with E-state index < -0.39 is 0 Å². The molecule has 0 spiro atoms. The molecule has 1 heterocycles. The molecule has 190 valence electrons. The van der Waals surface area contributed by atoms with Crippen LogP contribution >= 0.6 is 0 Å². The van der Waals surface area contributed by atoms with Crippen LogP contribution in [0.1, 0.15) is 93.4 Å². The molecular weight excluding hydrogens is 408 g/mol. The van der Waals surface area contributed by atoms with Crippen molar-refractivity contribution < 1.29 is 4.79 Å². The van der Waals surface area contributed by atoms with Crippen molar-refractivity contribution in [3.8, 4) is 0 Å². The molecule has 3 N–H and O–H groups in total. The number of unbranched alkanes of at least 4 members (excludes halogenated alkanes) is 1. The highest BCUT2D eigenvalue weighted by Crippen LogP contribution is 2.16. The van der Waals surface area contributed by atoms with E-state index >= 15 is 0 Å². The summed E-state index contributed by atoms with van der Waals surface area (Å²) in [6, 6.07) is 17.3. The van der Waals surface area contributed by atoms with Crippen molar-refractivity contribution in [1.82, 2.24) is 10.6 Å². The lowest BCUT2D eigenvalue weighted by Gasteiger charge is -2.15. The minimum absolute atomic E-state index is 0. The molecule has 0 aromatic heterocycles. The summed E-state index contributed by atoms with van der Waals surface area (Å²) < 4.78 is 0. The number of nitrogens with one attached hydrogen (secondary N) is 3. The van der Waals surface area contributed by atoms with E-state index in [1.807, 2.05) is 70.2 Å². The Labute approximate surface area is 205 Å². The summed E-state index contributed by atoms with van der Waals surface area (Å²) in [6.45, 7) is 14.0. The molecule has 0 aliphatic carbocycles. The van der Waals surface area contributed by atoms with Gasteiger partial charge in [-0.2, -0.15) is 0 Å². The predicted octanol–water partition coefficient (Wildman–Crippen LogP) is 8.28. The smallest absolute Gasteiger partial charge is 0.257 e. The van der Waals surface area contributed by atoms with E-state index in [2.05, 4.69) is 34.8 Å². The molecule has 2 aromatic carbocycles. The van der Waals surface area contributed by atoms with Crippen LogP contribution < -0.4 is 16.0 Å². The van der Waals surface area contributed by atoms with Crippen molar-refractivity contribution in [3.63, 3.8) is 0 Å². The molecule has 1 aliphatic heterocycles. The van der Waals surface area contributed by atoms with E-state index in [1.165, 1.54) is 12.8 Å². The lowest BCUT2D eigenvalue weighted by atomic mass is 10.2. The van der Waals surface area contributed by atoms with Crippen LogP contribution in [0.15, 0.2) is 59.6 Å². The number of amides is 1. The number of hydrogen-bond donors (Lipinski definition) is 3. The summed E-state index contributed by atoms with van der Waals surface area (Å²) in [6.07, 6.45) is 3.64. The maximum Gasteiger partial charge on any atom is 0.257 e. The Morgan fingerprint density at radius 3 is 1.82 bits per heavy atom. The topological polar surface area (TPSA) is 65.5 Å². The molecule has 0 saturated carbocycles. The average molecular weight is 461 g/mol. The second kappa shape index (κ2) is 25.4. The number of carbonyl (C=O) groups is 1. The van der Waals surface area contributed by atoms with Gasteiger partial charge < -0.3 is 10.6 Å². The van der Waals surface area contributed by atoms with Gasteiger partial charge in [0.2, 0.25) is 0 Å². The van der Waals surface area contributed by atoms with Crippen LogP contribution in [0.2, 0.25) is 0 Å². The molecule has 0 unspecified atom stereocenters. The number of aliphatic imine (C=N–C) groups is 1. The van der Waals surface area contributed by atoms with Crippen molar-refractivity contribution in [2.45, 2.75) is 83.1 Å². The van der Waals surface area contributed by atoms with Gasteiger partial charge in [-0.25, -0.2) is 0 Å². The third kappa shape index (κ3) is 16.5. The van der Waals surface area contributed by atoms with Crippen LogP contribution in [-0.4, -0.2) is 25.0 Å². The normalized spacial score (nSPS) is 10.4. The first-order valence-electron chi connectivity index (χ1n) is 11.2. The number of guanidine groups is 1. The first-order chi connectivity index (χ1) is 14.7. The van der Waals surface area contributed by atoms with Crippen LogP contribution in [-0.2, 0) is 0 Å². The van der Waals surface area contributed by atoms with Gasteiger partial charge in [0.25, 0.3) is 5.91 Å². The molecule has 1 aliphatic rings. The van der Waals surface area contributed by atoms with Crippen LogP contribution in [0.4, 0.5) is 11.4 Å². The monoisotopic (exact) mass is 460 g/mol. The van der Waals surface area contributed by atoms with Gasteiger partial charge in [-0.1, -0.05) is 94.9 Å². The third-order valence-corrected chi connectivity index (χ3v) is 3.84. The number of carbonyl (C=O) groups excluding carboxylic acids is 1. The molecule has 3 rings (SSSR count). The zero-order chi connectivity index (χ0) is 22.6. The standard InChI is InChI=1S/C17H18N4O.C4H10.2C2H6.3CH4/c22-16(21-17-18-11-4-12-19-17)13-7-9-15(10-8-13)20-14-5-2-1-3-6-14;1-3-4-2;2*1-2;;;/h1-3,5-10,20H,4,11-12H2,(H2,18,19,21,22);3-4H2,1-2H3;2*1-2H3;3*1H4. The summed E-state index contributed by atoms with van der Waals surface area (Å²) >= 11 is 0. The van der Waals surface area contributed by atoms with Gasteiger partial charge in [0.15, 0.2) is 5.96 Å². The maximum absolute atomic E-state index is 12.1. The van der Waals surface area contributed by atoms with E-state index in [4.69, 9.17) is 0 Å². The Kier molecular flexibility index (Phi) is 28.9. The zero-order valence-electron chi connectivity index (χ0n) is 19.6. The van der Waals surface area contributed by atoms with E-state index in [0.29, 0.717) is 11.5 Å². The molecule has 0 bridgehead atoms. The number of anilines is 2. The highest BCUT2D eigenvalue weighted by molar-refractivity contribution is 6.05. The van der Waals surface area contributed by atoms with E-state index in [0.717, 1.165) is 30.9 Å². The van der Waals surface area contributed by atoms with Gasteiger partial charge in [-0.3, -0.25) is 15.1 Å². The fraction of sp³-hybridized carbons (Fsp3) is 0.500. The molecule has 33 heavy (non-hydrogen) atoms. The molecule has 0 atom stereocenters. The molecular formula is C28H52N4O. The zero-order valence-corrected chi connectivity index (χ0v) is 19.6. The number of rotatable bonds is 4. The van der Waals surface area contributed by atoms with E-state index in [9.17, 15) is 4.79 Å². The minimum Gasteiger partial charge on any atom is -0.356 e. The lowest BCUT2D eigenvalue weighted by molar-refractivity contribution is 0.0975. The quantitative estimate of drug-likeness (QED) is 0.430. The molecule has 0 fully saturated rings. The summed E-state index contributed by atoms with van der Waals surface area (Å²) in [4.78, 5) is 16.4. The summed E-state index contributed by atoms with van der Waals surface area (Å²) in [7, 11) is 0. The van der Waals surface area contributed by atoms with Crippen LogP contribution in [0.3, 0.4) is 0 Å². The SMILES string of the molecule is C.C.C.CC.CC.CCCC.O=C(NC1=NCCCN1)c1ccc(Nc2ccccc2)cc1. The maximum atomic E-state index is 12.1. The second-order valence-corrected chi connectivity index (χ2v) is 6.03. The highest BCUT2D eigenvalue weighted by atomic mass is 16.1. The molecule has 5 heteroatoms. The fourth-order valence-corrected chi connectivity index (χ4v) is 2.19. The second-order valence-electron chi connectivity index (χ2n) is 6.03. The molecule has 0 saturated heterocycles. The van der Waals surface area contributed by atoms with Gasteiger partial charge >= 0.3 is 0 Å². The van der Waals surface area contributed by atoms with E-state index in [1.54, 1.807) is 12.1 Å². The number of nitrogens with zero attached hydrogens (tertiary/aromatic N) is 1. The van der Waals surface area contributed by atoms with E-state index in [-0.39, 0.29) is 28.2 Å². The molecule has 5 nitrogen and oxygen atoms in total.